The molecular formula is C9H6BrFN4S. The van der Waals surface area contributed by atoms with E-state index in [9.17, 15) is 4.39 Å². The summed E-state index contributed by atoms with van der Waals surface area (Å²) in [5.74, 6) is -0.354. The monoisotopic (exact) mass is 300 g/mol. The van der Waals surface area contributed by atoms with Gasteiger partial charge in [-0.05, 0) is 30.4 Å². The fraction of sp³-hybridized carbons (Fsp3) is 0. The molecule has 0 amide bonds. The van der Waals surface area contributed by atoms with Crippen LogP contribution in [0.1, 0.15) is 5.56 Å². The zero-order chi connectivity index (χ0) is 11.5. The Bertz CT molecular complexity index is 589. The maximum absolute atomic E-state index is 13.4. The molecule has 4 nitrogen and oxygen atoms in total. The molecule has 0 aliphatic heterocycles. The van der Waals surface area contributed by atoms with E-state index in [1.807, 2.05) is 0 Å². The van der Waals surface area contributed by atoms with Gasteiger partial charge in [0.2, 0.25) is 4.77 Å². The van der Waals surface area contributed by atoms with Crippen LogP contribution in [-0.2, 0) is 0 Å². The van der Waals surface area contributed by atoms with Gasteiger partial charge in [-0.15, -0.1) is 0 Å². The highest BCUT2D eigenvalue weighted by Crippen LogP contribution is 2.13. The number of rotatable bonds is 2. The number of benzene rings is 1. The van der Waals surface area contributed by atoms with E-state index in [4.69, 9.17) is 12.2 Å². The van der Waals surface area contributed by atoms with Gasteiger partial charge < -0.3 is 0 Å². The molecule has 0 saturated carbocycles. The first kappa shape index (κ1) is 11.2. The van der Waals surface area contributed by atoms with Crippen LogP contribution < -0.4 is 0 Å². The Kier molecular flexibility index (Phi) is 3.25. The van der Waals surface area contributed by atoms with Crippen molar-refractivity contribution in [3.8, 4) is 0 Å². The maximum atomic E-state index is 13.4. The van der Waals surface area contributed by atoms with Crippen LogP contribution in [0.2, 0.25) is 0 Å². The lowest BCUT2D eigenvalue weighted by Crippen LogP contribution is -1.92. The van der Waals surface area contributed by atoms with Gasteiger partial charge in [-0.25, -0.2) is 4.39 Å². The van der Waals surface area contributed by atoms with Gasteiger partial charge in [0.05, 0.1) is 6.21 Å². The van der Waals surface area contributed by atoms with Crippen molar-refractivity contribution in [2.45, 2.75) is 0 Å². The standard InChI is InChI=1S/C9H6BrFN4S/c10-7-2-1-6(8(11)3-7)4-13-15-5-12-14-9(15)16/h1-5H,(H,14,16)/b13-4-. The molecule has 0 atom stereocenters. The highest BCUT2D eigenvalue weighted by atomic mass is 79.9. The summed E-state index contributed by atoms with van der Waals surface area (Å²) >= 11 is 8.06. The van der Waals surface area contributed by atoms with E-state index in [0.29, 0.717) is 14.8 Å². The molecule has 2 aromatic rings. The third kappa shape index (κ3) is 2.42. The number of aromatic amines is 1. The Labute approximate surface area is 104 Å². The summed E-state index contributed by atoms with van der Waals surface area (Å²) in [5, 5.41) is 10.2. The van der Waals surface area contributed by atoms with Crippen molar-refractivity contribution in [3.63, 3.8) is 0 Å². The van der Waals surface area contributed by atoms with E-state index in [0.717, 1.165) is 0 Å². The Morgan fingerprint density at radius 3 is 3.00 bits per heavy atom. The highest BCUT2D eigenvalue weighted by molar-refractivity contribution is 9.10. The van der Waals surface area contributed by atoms with Crippen LogP contribution in [0.4, 0.5) is 4.39 Å². The van der Waals surface area contributed by atoms with Crippen LogP contribution in [0.15, 0.2) is 34.1 Å². The minimum Gasteiger partial charge on any atom is -0.250 e. The number of nitrogens with zero attached hydrogens (tertiary/aromatic N) is 3. The van der Waals surface area contributed by atoms with Gasteiger partial charge in [-0.1, -0.05) is 15.9 Å². The van der Waals surface area contributed by atoms with Crippen LogP contribution in [0, 0.1) is 10.6 Å². The Hall–Kier alpha value is -1.34. The molecule has 0 spiro atoms. The second-order valence-corrected chi connectivity index (χ2v) is 4.22. The van der Waals surface area contributed by atoms with E-state index >= 15 is 0 Å². The van der Waals surface area contributed by atoms with Gasteiger partial charge in [0.15, 0.2) is 0 Å². The van der Waals surface area contributed by atoms with Gasteiger partial charge >= 0.3 is 0 Å². The van der Waals surface area contributed by atoms with E-state index in [-0.39, 0.29) is 5.82 Å². The van der Waals surface area contributed by atoms with E-state index in [1.165, 1.54) is 23.3 Å². The van der Waals surface area contributed by atoms with Gasteiger partial charge in [0, 0.05) is 10.0 Å². The molecule has 2 rings (SSSR count). The molecule has 1 aromatic heterocycles. The molecule has 1 aromatic carbocycles. The minimum absolute atomic E-state index is 0.354. The fourth-order valence-electron chi connectivity index (χ4n) is 1.06. The van der Waals surface area contributed by atoms with Crippen molar-refractivity contribution < 1.29 is 4.39 Å². The maximum Gasteiger partial charge on any atom is 0.216 e. The predicted molar refractivity (Wildman–Crippen MR) is 64.5 cm³/mol. The number of hydrogen-bond acceptors (Lipinski definition) is 3. The van der Waals surface area contributed by atoms with Crippen LogP contribution in [0.3, 0.4) is 0 Å². The molecule has 82 valence electrons. The van der Waals surface area contributed by atoms with E-state index < -0.39 is 0 Å². The van der Waals surface area contributed by atoms with Crippen molar-refractivity contribution in [2.24, 2.45) is 5.10 Å². The van der Waals surface area contributed by atoms with Crippen molar-refractivity contribution >= 4 is 34.4 Å². The smallest absolute Gasteiger partial charge is 0.216 e. The summed E-state index contributed by atoms with van der Waals surface area (Å²) in [7, 11) is 0. The minimum atomic E-state index is -0.354. The van der Waals surface area contributed by atoms with Gasteiger partial charge in [-0.3, -0.25) is 5.10 Å². The molecule has 7 heteroatoms. The van der Waals surface area contributed by atoms with Gasteiger partial charge in [-0.2, -0.15) is 14.9 Å². The molecule has 0 aliphatic rings. The summed E-state index contributed by atoms with van der Waals surface area (Å²) in [6, 6.07) is 4.72. The highest BCUT2D eigenvalue weighted by Gasteiger charge is 1.99. The zero-order valence-electron chi connectivity index (χ0n) is 7.89. The van der Waals surface area contributed by atoms with Crippen molar-refractivity contribution in [1.29, 1.82) is 0 Å². The molecule has 0 unspecified atom stereocenters. The first-order valence-corrected chi connectivity index (χ1v) is 5.48. The average Bonchev–Trinajstić information content (AvgIpc) is 2.63. The largest absolute Gasteiger partial charge is 0.250 e. The van der Waals surface area contributed by atoms with Crippen molar-refractivity contribution in [3.05, 3.63) is 45.2 Å². The second kappa shape index (κ2) is 4.67. The van der Waals surface area contributed by atoms with Crippen molar-refractivity contribution in [2.75, 3.05) is 0 Å². The number of nitrogens with one attached hydrogen (secondary N) is 1. The summed E-state index contributed by atoms with van der Waals surface area (Å²) < 4.78 is 15.8. The molecule has 0 bridgehead atoms. The fourth-order valence-corrected chi connectivity index (χ4v) is 1.54. The van der Waals surface area contributed by atoms with Gasteiger partial charge in [0.1, 0.15) is 12.1 Å². The third-order valence-electron chi connectivity index (χ3n) is 1.82. The number of aromatic nitrogens is 3. The SMILES string of the molecule is Fc1cc(Br)ccc1/C=N\n1cn[nH]c1=S. The Morgan fingerprint density at radius 1 is 1.56 bits per heavy atom. The summed E-state index contributed by atoms with van der Waals surface area (Å²) in [6.07, 6.45) is 2.79. The van der Waals surface area contributed by atoms with Crippen LogP contribution in [-0.4, -0.2) is 21.1 Å². The van der Waals surface area contributed by atoms with E-state index in [2.05, 4.69) is 31.2 Å². The van der Waals surface area contributed by atoms with Crippen LogP contribution in [0.25, 0.3) is 0 Å². The molecule has 0 radical (unpaired) electrons. The third-order valence-corrected chi connectivity index (χ3v) is 2.59. The predicted octanol–water partition coefficient (Wildman–Crippen LogP) is 2.72. The quantitative estimate of drug-likeness (QED) is 0.685. The lowest BCUT2D eigenvalue weighted by molar-refractivity contribution is 0.624. The average molecular weight is 301 g/mol. The molecule has 0 aliphatic carbocycles. The first-order chi connectivity index (χ1) is 7.66. The summed E-state index contributed by atoms with van der Waals surface area (Å²) in [6.45, 7) is 0. The number of H-pyrrole nitrogens is 1. The molecule has 1 N–H and O–H groups in total. The number of hydrogen-bond donors (Lipinski definition) is 1. The molecule has 1 heterocycles. The zero-order valence-corrected chi connectivity index (χ0v) is 10.3. The van der Waals surface area contributed by atoms with Crippen LogP contribution in [0.5, 0.6) is 0 Å². The molecule has 16 heavy (non-hydrogen) atoms. The van der Waals surface area contributed by atoms with Gasteiger partial charge in [0.25, 0.3) is 0 Å². The van der Waals surface area contributed by atoms with Crippen LogP contribution >= 0.6 is 28.1 Å². The van der Waals surface area contributed by atoms with E-state index in [1.54, 1.807) is 12.1 Å². The van der Waals surface area contributed by atoms with Crippen molar-refractivity contribution in [1.82, 2.24) is 14.9 Å². The topological polar surface area (TPSA) is 46.0 Å². The first-order valence-electron chi connectivity index (χ1n) is 4.28. The Balaban J connectivity index is 2.31. The second-order valence-electron chi connectivity index (χ2n) is 2.92. The molecular weight excluding hydrogens is 295 g/mol. The lowest BCUT2D eigenvalue weighted by Gasteiger charge is -1.96. The normalized spacial score (nSPS) is 11.1. The molecule has 0 saturated heterocycles. The Morgan fingerprint density at radius 2 is 2.38 bits per heavy atom. The lowest BCUT2D eigenvalue weighted by atomic mass is 10.2. The molecule has 0 fully saturated rings. The summed E-state index contributed by atoms with van der Waals surface area (Å²) in [5.41, 5.74) is 0.381. The number of halogens is 2. The summed E-state index contributed by atoms with van der Waals surface area (Å²) in [4.78, 5) is 0.